The minimum atomic E-state index is -0.234. The largest absolute Gasteiger partial charge is 0.484 e. The van der Waals surface area contributed by atoms with Crippen LogP contribution >= 0.6 is 0 Å². The Morgan fingerprint density at radius 2 is 1.71 bits per heavy atom. The van der Waals surface area contributed by atoms with Crippen molar-refractivity contribution in [2.45, 2.75) is 13.8 Å². The first-order valence-corrected chi connectivity index (χ1v) is 7.71. The zero-order valence-electron chi connectivity index (χ0n) is 13.8. The molecule has 0 bridgehead atoms. The van der Waals surface area contributed by atoms with Gasteiger partial charge in [0.2, 0.25) is 0 Å². The van der Waals surface area contributed by atoms with Gasteiger partial charge in [-0.25, -0.2) is 0 Å². The third kappa shape index (κ3) is 5.72. The maximum atomic E-state index is 11.9. The molecule has 0 aliphatic heterocycles. The van der Waals surface area contributed by atoms with Crippen LogP contribution in [0.4, 0.5) is 0 Å². The molecule has 0 saturated carbocycles. The highest BCUT2D eigenvalue weighted by molar-refractivity contribution is 5.93. The van der Waals surface area contributed by atoms with E-state index in [-0.39, 0.29) is 18.4 Å². The molecule has 126 valence electrons. The van der Waals surface area contributed by atoms with Crippen LogP contribution < -0.4 is 15.4 Å². The number of amides is 2. The number of carbonyl (C=O) groups is 2. The van der Waals surface area contributed by atoms with Gasteiger partial charge in [-0.1, -0.05) is 17.7 Å². The first-order valence-electron chi connectivity index (χ1n) is 7.71. The van der Waals surface area contributed by atoms with Gasteiger partial charge in [0.05, 0.1) is 5.56 Å². The Balaban J connectivity index is 1.63. The van der Waals surface area contributed by atoms with Gasteiger partial charge in [0.25, 0.3) is 11.8 Å². The van der Waals surface area contributed by atoms with E-state index in [1.54, 1.807) is 12.1 Å². The van der Waals surface area contributed by atoms with E-state index < -0.39 is 0 Å². The first kappa shape index (κ1) is 17.5. The highest BCUT2D eigenvalue weighted by Crippen LogP contribution is 2.10. The van der Waals surface area contributed by atoms with Crippen LogP contribution in [0.1, 0.15) is 21.6 Å². The highest BCUT2D eigenvalue weighted by atomic mass is 16.5. The fourth-order valence-electron chi connectivity index (χ4n) is 1.92. The van der Waals surface area contributed by atoms with Crippen molar-refractivity contribution in [3.05, 3.63) is 59.4 Å². The lowest BCUT2D eigenvalue weighted by Gasteiger charge is -2.09. The van der Waals surface area contributed by atoms with E-state index in [0.29, 0.717) is 24.4 Å². The van der Waals surface area contributed by atoms with E-state index in [1.807, 2.05) is 38.1 Å². The standard InChI is InChI=1S/C18H21N3O3/c1-13-3-7-16(8-4-13)24-12-17(22)19-9-10-20-18(23)15-6-5-14(2)21-11-15/h3-8,11H,9-10,12H2,1-2H3,(H,19,22)(H,20,23). The molecule has 0 aliphatic rings. The minimum Gasteiger partial charge on any atom is -0.484 e. The normalized spacial score (nSPS) is 10.1. The molecule has 2 aromatic rings. The molecule has 0 saturated heterocycles. The highest BCUT2D eigenvalue weighted by Gasteiger charge is 2.06. The summed E-state index contributed by atoms with van der Waals surface area (Å²) >= 11 is 0. The summed E-state index contributed by atoms with van der Waals surface area (Å²) in [7, 11) is 0. The molecule has 0 atom stereocenters. The predicted molar refractivity (Wildman–Crippen MR) is 91.0 cm³/mol. The molecule has 1 heterocycles. The Hall–Kier alpha value is -2.89. The maximum absolute atomic E-state index is 11.9. The SMILES string of the molecule is Cc1ccc(OCC(=O)NCCNC(=O)c2ccc(C)nc2)cc1. The average molecular weight is 327 g/mol. The van der Waals surface area contributed by atoms with Crippen LogP contribution in [0.5, 0.6) is 5.75 Å². The molecule has 0 spiro atoms. The molecule has 0 unspecified atom stereocenters. The van der Waals surface area contributed by atoms with E-state index in [1.165, 1.54) is 6.20 Å². The second kappa shape index (κ2) is 8.67. The van der Waals surface area contributed by atoms with Gasteiger partial charge in [-0.3, -0.25) is 14.6 Å². The van der Waals surface area contributed by atoms with Crippen LogP contribution in [0.15, 0.2) is 42.6 Å². The Labute approximate surface area is 141 Å². The number of benzene rings is 1. The summed E-state index contributed by atoms with van der Waals surface area (Å²) in [5.74, 6) is 0.199. The predicted octanol–water partition coefficient (Wildman–Crippen LogP) is 1.62. The van der Waals surface area contributed by atoms with Gasteiger partial charge in [0, 0.05) is 25.0 Å². The summed E-state index contributed by atoms with van der Waals surface area (Å²) in [4.78, 5) is 27.6. The number of hydrogen-bond acceptors (Lipinski definition) is 4. The number of hydrogen-bond donors (Lipinski definition) is 2. The molecule has 2 amide bonds. The van der Waals surface area contributed by atoms with Crippen molar-refractivity contribution < 1.29 is 14.3 Å². The number of aromatic nitrogens is 1. The van der Waals surface area contributed by atoms with Crippen LogP contribution in [0.2, 0.25) is 0 Å². The first-order chi connectivity index (χ1) is 11.5. The van der Waals surface area contributed by atoms with Crippen LogP contribution in [-0.4, -0.2) is 36.5 Å². The molecule has 2 N–H and O–H groups in total. The van der Waals surface area contributed by atoms with Crippen LogP contribution in [-0.2, 0) is 4.79 Å². The third-order valence-electron chi connectivity index (χ3n) is 3.30. The average Bonchev–Trinajstić information content (AvgIpc) is 2.58. The molecule has 6 heteroatoms. The van der Waals surface area contributed by atoms with Crippen LogP contribution in [0, 0.1) is 13.8 Å². The van der Waals surface area contributed by atoms with Crippen LogP contribution in [0.25, 0.3) is 0 Å². The van der Waals surface area contributed by atoms with E-state index in [9.17, 15) is 9.59 Å². The summed E-state index contributed by atoms with van der Waals surface area (Å²) in [6, 6.07) is 11.0. The Morgan fingerprint density at radius 1 is 1.00 bits per heavy atom. The Kier molecular flexibility index (Phi) is 6.31. The number of rotatable bonds is 7. The molecule has 1 aromatic carbocycles. The minimum absolute atomic E-state index is 0.0567. The lowest BCUT2D eigenvalue weighted by atomic mass is 10.2. The molecular formula is C18H21N3O3. The number of pyridine rings is 1. The van der Waals surface area contributed by atoms with Crippen molar-refractivity contribution in [3.63, 3.8) is 0 Å². The molecule has 0 aliphatic carbocycles. The second-order valence-electron chi connectivity index (χ2n) is 5.40. The monoisotopic (exact) mass is 327 g/mol. The summed E-state index contributed by atoms with van der Waals surface area (Å²) in [5, 5.41) is 5.41. The molecule has 2 rings (SSSR count). The molecule has 24 heavy (non-hydrogen) atoms. The van der Waals surface area contributed by atoms with Crippen molar-refractivity contribution >= 4 is 11.8 Å². The Morgan fingerprint density at radius 3 is 2.38 bits per heavy atom. The van der Waals surface area contributed by atoms with Crippen molar-refractivity contribution in [2.75, 3.05) is 19.7 Å². The van der Waals surface area contributed by atoms with Gasteiger partial charge in [-0.05, 0) is 38.1 Å². The quantitative estimate of drug-likeness (QED) is 0.757. The lowest BCUT2D eigenvalue weighted by Crippen LogP contribution is -2.36. The van der Waals surface area contributed by atoms with Gasteiger partial charge >= 0.3 is 0 Å². The van der Waals surface area contributed by atoms with E-state index in [2.05, 4.69) is 15.6 Å². The number of nitrogens with zero attached hydrogens (tertiary/aromatic N) is 1. The molecule has 0 fully saturated rings. The van der Waals surface area contributed by atoms with Gasteiger partial charge in [0.1, 0.15) is 5.75 Å². The number of aryl methyl sites for hydroxylation is 2. The third-order valence-corrected chi connectivity index (χ3v) is 3.30. The second-order valence-corrected chi connectivity index (χ2v) is 5.40. The molecule has 0 radical (unpaired) electrons. The number of carbonyl (C=O) groups excluding carboxylic acids is 2. The summed E-state index contributed by atoms with van der Waals surface area (Å²) < 4.78 is 5.37. The fraction of sp³-hybridized carbons (Fsp3) is 0.278. The summed E-state index contributed by atoms with van der Waals surface area (Å²) in [6.45, 7) is 4.45. The van der Waals surface area contributed by atoms with E-state index in [4.69, 9.17) is 4.74 Å². The van der Waals surface area contributed by atoms with E-state index in [0.717, 1.165) is 11.3 Å². The zero-order valence-corrected chi connectivity index (χ0v) is 13.8. The van der Waals surface area contributed by atoms with E-state index >= 15 is 0 Å². The lowest BCUT2D eigenvalue weighted by molar-refractivity contribution is -0.123. The number of nitrogens with one attached hydrogen (secondary N) is 2. The van der Waals surface area contributed by atoms with Crippen molar-refractivity contribution in [1.29, 1.82) is 0 Å². The smallest absolute Gasteiger partial charge is 0.258 e. The summed E-state index contributed by atoms with van der Waals surface area (Å²) in [5.41, 5.74) is 2.48. The topological polar surface area (TPSA) is 80.3 Å². The van der Waals surface area contributed by atoms with Crippen LogP contribution in [0.3, 0.4) is 0 Å². The molecular weight excluding hydrogens is 306 g/mol. The van der Waals surface area contributed by atoms with Crippen molar-refractivity contribution in [3.8, 4) is 5.75 Å². The van der Waals surface area contributed by atoms with Gasteiger partial charge < -0.3 is 15.4 Å². The fourth-order valence-corrected chi connectivity index (χ4v) is 1.92. The maximum Gasteiger partial charge on any atom is 0.258 e. The van der Waals surface area contributed by atoms with Crippen molar-refractivity contribution in [1.82, 2.24) is 15.6 Å². The molecule has 1 aromatic heterocycles. The van der Waals surface area contributed by atoms with Gasteiger partial charge in [-0.2, -0.15) is 0 Å². The number of ether oxygens (including phenoxy) is 1. The van der Waals surface area contributed by atoms with Gasteiger partial charge in [-0.15, -0.1) is 0 Å². The molecule has 6 nitrogen and oxygen atoms in total. The zero-order chi connectivity index (χ0) is 17.4. The summed E-state index contributed by atoms with van der Waals surface area (Å²) in [6.07, 6.45) is 1.53. The van der Waals surface area contributed by atoms with Gasteiger partial charge in [0.15, 0.2) is 6.61 Å². The Bertz CT molecular complexity index is 682. The van der Waals surface area contributed by atoms with Crippen molar-refractivity contribution in [2.24, 2.45) is 0 Å².